The molecule has 166 valence electrons. The minimum absolute atomic E-state index is 0.415. The Morgan fingerprint density at radius 3 is 2.09 bits per heavy atom. The van der Waals surface area contributed by atoms with Crippen molar-refractivity contribution in [3.8, 4) is 22.9 Å². The van der Waals surface area contributed by atoms with E-state index in [-0.39, 0.29) is 0 Å². The van der Waals surface area contributed by atoms with Crippen LogP contribution in [0, 0.1) is 0 Å². The maximum atomic E-state index is 6.10. The van der Waals surface area contributed by atoms with E-state index in [1.807, 2.05) is 72.8 Å². The van der Waals surface area contributed by atoms with Crippen molar-refractivity contribution in [2.45, 2.75) is 12.1 Å². The van der Waals surface area contributed by atoms with E-state index in [1.165, 1.54) is 6.33 Å². The van der Waals surface area contributed by atoms with Gasteiger partial charge in [-0.3, -0.25) is 4.68 Å². The lowest BCUT2D eigenvalue weighted by molar-refractivity contribution is 0.230. The fourth-order valence-electron chi connectivity index (χ4n) is 4.04. The maximum absolute atomic E-state index is 6.10. The molecule has 1 aliphatic heterocycles. The van der Waals surface area contributed by atoms with Gasteiger partial charge in [-0.2, -0.15) is 5.10 Å². The number of benzene rings is 3. The van der Waals surface area contributed by atoms with E-state index in [2.05, 4.69) is 32.4 Å². The van der Waals surface area contributed by atoms with Gasteiger partial charge in [0.25, 0.3) is 0 Å². The lowest BCUT2D eigenvalue weighted by Gasteiger charge is -2.24. The van der Waals surface area contributed by atoms with E-state index < -0.39 is 5.54 Å². The van der Waals surface area contributed by atoms with Crippen molar-refractivity contribution in [3.05, 3.63) is 109 Å². The molecule has 0 amide bonds. The van der Waals surface area contributed by atoms with Crippen LogP contribution in [0.4, 0.5) is 0 Å². The Labute approximate surface area is 195 Å². The van der Waals surface area contributed by atoms with Crippen LogP contribution in [0.25, 0.3) is 22.9 Å². The van der Waals surface area contributed by atoms with Gasteiger partial charge in [-0.05, 0) is 42.0 Å². The van der Waals surface area contributed by atoms with Gasteiger partial charge < -0.3 is 9.15 Å². The number of ether oxygens (including phenoxy) is 1. The summed E-state index contributed by atoms with van der Waals surface area (Å²) in [5, 5.41) is 12.6. The van der Waals surface area contributed by atoms with Gasteiger partial charge in [-0.25, -0.2) is 9.98 Å². The van der Waals surface area contributed by atoms with Crippen molar-refractivity contribution < 1.29 is 9.15 Å². The molecule has 1 aliphatic rings. The second kappa shape index (κ2) is 8.40. The number of rotatable bonds is 6. The molecule has 8 heteroatoms. The summed E-state index contributed by atoms with van der Waals surface area (Å²) in [4.78, 5) is 9.10. The first kappa shape index (κ1) is 20.0. The van der Waals surface area contributed by atoms with Gasteiger partial charge in [0.15, 0.2) is 0 Å². The highest BCUT2D eigenvalue weighted by molar-refractivity contribution is 5.96. The van der Waals surface area contributed by atoms with Gasteiger partial charge in [0, 0.05) is 16.7 Å². The second-order valence-corrected chi connectivity index (χ2v) is 8.05. The summed E-state index contributed by atoms with van der Waals surface area (Å²) in [6.45, 7) is 0.945. The average molecular weight is 448 g/mol. The molecule has 0 spiro atoms. The van der Waals surface area contributed by atoms with Crippen molar-refractivity contribution in [3.63, 3.8) is 0 Å². The molecule has 6 rings (SSSR count). The number of hydrogen-bond acceptors (Lipinski definition) is 7. The fourth-order valence-corrected chi connectivity index (χ4v) is 4.04. The van der Waals surface area contributed by atoms with Gasteiger partial charge in [-0.15, -0.1) is 10.2 Å². The van der Waals surface area contributed by atoms with Crippen LogP contribution in [-0.2, 0) is 16.8 Å². The zero-order valence-electron chi connectivity index (χ0n) is 18.2. The molecule has 34 heavy (non-hydrogen) atoms. The monoisotopic (exact) mass is 448 g/mol. The van der Waals surface area contributed by atoms with Crippen LogP contribution in [0.3, 0.4) is 0 Å². The number of aromatic nitrogens is 5. The molecule has 0 radical (unpaired) electrons. The number of aliphatic imine (C=N–C) groups is 1. The van der Waals surface area contributed by atoms with Crippen molar-refractivity contribution in [1.29, 1.82) is 0 Å². The van der Waals surface area contributed by atoms with Gasteiger partial charge in [0.1, 0.15) is 24.8 Å². The zero-order chi connectivity index (χ0) is 22.8. The highest BCUT2D eigenvalue weighted by Crippen LogP contribution is 2.34. The van der Waals surface area contributed by atoms with E-state index >= 15 is 0 Å². The molecule has 1 atom stereocenters. The van der Waals surface area contributed by atoms with E-state index in [9.17, 15) is 0 Å². The van der Waals surface area contributed by atoms with Crippen molar-refractivity contribution in [2.75, 3.05) is 6.61 Å². The Balaban J connectivity index is 1.29. The van der Waals surface area contributed by atoms with Crippen LogP contribution < -0.4 is 0 Å². The molecular formula is C26H20N6O2. The predicted octanol–water partition coefficient (Wildman–Crippen LogP) is 4.37. The predicted molar refractivity (Wildman–Crippen MR) is 126 cm³/mol. The Morgan fingerprint density at radius 1 is 0.765 bits per heavy atom. The summed E-state index contributed by atoms with van der Waals surface area (Å²) >= 11 is 0. The minimum Gasteiger partial charge on any atom is -0.474 e. The summed E-state index contributed by atoms with van der Waals surface area (Å²) in [5.74, 6) is 1.54. The summed E-state index contributed by atoms with van der Waals surface area (Å²) in [7, 11) is 0. The van der Waals surface area contributed by atoms with Crippen LogP contribution in [0.5, 0.6) is 0 Å². The molecular weight excluding hydrogens is 428 g/mol. The van der Waals surface area contributed by atoms with Crippen LogP contribution in [0.15, 0.2) is 107 Å². The third kappa shape index (κ3) is 3.75. The summed E-state index contributed by atoms with van der Waals surface area (Å²) in [5.41, 5.74) is 3.07. The first-order chi connectivity index (χ1) is 16.8. The van der Waals surface area contributed by atoms with Gasteiger partial charge in [0.05, 0.1) is 6.54 Å². The summed E-state index contributed by atoms with van der Waals surface area (Å²) in [6, 6.07) is 27.6. The normalized spacial score (nSPS) is 17.4. The third-order valence-electron chi connectivity index (χ3n) is 5.79. The summed E-state index contributed by atoms with van der Waals surface area (Å²) < 4.78 is 13.8. The maximum Gasteiger partial charge on any atom is 0.248 e. The highest BCUT2D eigenvalue weighted by atomic mass is 16.5. The standard InChI is InChI=1S/C26H20N6O2/c1-3-7-19(8-4-1)24-30-31-25(34-24)21-13-11-20(12-14-21)23-29-26(16-33-23,15-32-18-27-17-28-32)22-9-5-2-6-10-22/h1-14,17-18H,15-16H2. The Kier molecular flexibility index (Phi) is 4.95. The van der Waals surface area contributed by atoms with Crippen molar-refractivity contribution in [2.24, 2.45) is 4.99 Å². The molecule has 0 bridgehead atoms. The molecule has 0 saturated carbocycles. The van der Waals surface area contributed by atoms with E-state index in [0.717, 1.165) is 22.3 Å². The SMILES string of the molecule is c1ccc(-c2nnc(-c3ccc(C4=NC(Cn5cncn5)(c5ccccc5)CO4)cc3)o2)cc1. The van der Waals surface area contributed by atoms with E-state index in [4.69, 9.17) is 14.1 Å². The molecule has 2 aromatic heterocycles. The fraction of sp³-hybridized carbons (Fsp3) is 0.115. The summed E-state index contributed by atoms with van der Waals surface area (Å²) in [6.07, 6.45) is 3.22. The quantitative estimate of drug-likeness (QED) is 0.383. The molecule has 0 fully saturated rings. The minimum atomic E-state index is -0.583. The van der Waals surface area contributed by atoms with Crippen LogP contribution >= 0.6 is 0 Å². The zero-order valence-corrected chi connectivity index (χ0v) is 18.2. The average Bonchev–Trinajstić information content (AvgIpc) is 3.68. The van der Waals surface area contributed by atoms with Crippen molar-refractivity contribution in [1.82, 2.24) is 25.0 Å². The molecule has 3 aromatic carbocycles. The molecule has 3 heterocycles. The molecule has 8 nitrogen and oxygen atoms in total. The van der Waals surface area contributed by atoms with Crippen LogP contribution in [-0.4, -0.2) is 37.5 Å². The molecule has 5 aromatic rings. The Hall–Kier alpha value is -4.59. The van der Waals surface area contributed by atoms with Crippen LogP contribution in [0.2, 0.25) is 0 Å². The molecule has 0 N–H and O–H groups in total. The molecule has 1 unspecified atom stereocenters. The lowest BCUT2D eigenvalue weighted by atomic mass is 9.91. The second-order valence-electron chi connectivity index (χ2n) is 8.05. The Bertz CT molecular complexity index is 1410. The smallest absolute Gasteiger partial charge is 0.248 e. The van der Waals surface area contributed by atoms with Gasteiger partial charge in [0.2, 0.25) is 17.7 Å². The molecule has 0 aliphatic carbocycles. The molecule has 0 saturated heterocycles. The number of hydrogen-bond donors (Lipinski definition) is 0. The van der Waals surface area contributed by atoms with E-state index in [1.54, 1.807) is 11.0 Å². The van der Waals surface area contributed by atoms with Gasteiger partial charge >= 0.3 is 0 Å². The first-order valence-electron chi connectivity index (χ1n) is 10.9. The number of nitrogens with zero attached hydrogens (tertiary/aromatic N) is 6. The first-order valence-corrected chi connectivity index (χ1v) is 10.9. The Morgan fingerprint density at radius 2 is 1.41 bits per heavy atom. The van der Waals surface area contributed by atoms with E-state index in [0.29, 0.717) is 30.8 Å². The topological polar surface area (TPSA) is 91.2 Å². The van der Waals surface area contributed by atoms with Gasteiger partial charge in [-0.1, -0.05) is 48.5 Å². The largest absolute Gasteiger partial charge is 0.474 e. The third-order valence-corrected chi connectivity index (χ3v) is 5.79. The highest BCUT2D eigenvalue weighted by Gasteiger charge is 2.39. The lowest BCUT2D eigenvalue weighted by Crippen LogP contribution is -2.31. The van der Waals surface area contributed by atoms with Crippen LogP contribution in [0.1, 0.15) is 11.1 Å². The van der Waals surface area contributed by atoms with Crippen molar-refractivity contribution >= 4 is 5.90 Å².